The summed E-state index contributed by atoms with van der Waals surface area (Å²) in [4.78, 5) is 17.6. The van der Waals surface area contributed by atoms with Crippen molar-refractivity contribution in [2.75, 3.05) is 26.2 Å². The Morgan fingerprint density at radius 3 is 2.75 bits per heavy atom. The normalized spacial score (nSPS) is 19.1. The van der Waals surface area contributed by atoms with Crippen molar-refractivity contribution in [2.24, 2.45) is 0 Å². The van der Waals surface area contributed by atoms with Crippen LogP contribution < -0.4 is 0 Å². The van der Waals surface area contributed by atoms with E-state index in [1.807, 2.05) is 22.4 Å². The van der Waals surface area contributed by atoms with E-state index in [1.165, 1.54) is 30.6 Å². The molecule has 4 heterocycles. The van der Waals surface area contributed by atoms with Gasteiger partial charge in [-0.2, -0.15) is 0 Å². The molecule has 2 aromatic heterocycles. The van der Waals surface area contributed by atoms with Gasteiger partial charge < -0.3 is 9.47 Å². The van der Waals surface area contributed by atoms with Crippen molar-refractivity contribution in [1.29, 1.82) is 0 Å². The number of piperazine rings is 1. The summed E-state index contributed by atoms with van der Waals surface area (Å²) in [5, 5.41) is 10.8. The number of aryl methyl sites for hydroxylation is 1. The number of carbonyl (C=O) groups excluding carboxylic acids is 1. The van der Waals surface area contributed by atoms with E-state index in [-0.39, 0.29) is 5.91 Å². The highest BCUT2D eigenvalue weighted by Gasteiger charge is 2.24. The van der Waals surface area contributed by atoms with Gasteiger partial charge in [-0.25, -0.2) is 0 Å². The maximum absolute atomic E-state index is 12.4. The molecule has 0 saturated carbocycles. The van der Waals surface area contributed by atoms with Gasteiger partial charge >= 0.3 is 0 Å². The molecule has 1 saturated heterocycles. The molecule has 1 amide bonds. The minimum atomic E-state index is 0.168. The van der Waals surface area contributed by atoms with Gasteiger partial charge in [0.05, 0.1) is 11.4 Å². The van der Waals surface area contributed by atoms with Gasteiger partial charge in [-0.05, 0) is 24.3 Å². The van der Waals surface area contributed by atoms with Crippen LogP contribution in [0.3, 0.4) is 0 Å². The number of nitrogens with zero attached hydrogens (tertiary/aromatic N) is 5. The molecule has 2 aromatic rings. The second-order valence-electron chi connectivity index (χ2n) is 6.54. The third-order valence-corrected chi connectivity index (χ3v) is 5.80. The van der Waals surface area contributed by atoms with Crippen molar-refractivity contribution in [3.8, 4) is 0 Å². The Labute approximate surface area is 146 Å². The molecule has 1 fully saturated rings. The molecule has 0 unspecified atom stereocenters. The molecular weight excluding hydrogens is 322 g/mol. The number of fused-ring (bicyclic) bond motifs is 1. The van der Waals surface area contributed by atoms with Crippen LogP contribution in [0.4, 0.5) is 0 Å². The smallest absolute Gasteiger partial charge is 0.264 e. The first-order valence-electron chi connectivity index (χ1n) is 8.77. The molecule has 4 rings (SSSR count). The van der Waals surface area contributed by atoms with Gasteiger partial charge in [0.15, 0.2) is 0 Å². The van der Waals surface area contributed by atoms with Gasteiger partial charge in [-0.3, -0.25) is 9.69 Å². The minimum absolute atomic E-state index is 0.168. The highest BCUT2D eigenvalue weighted by Crippen LogP contribution is 2.17. The van der Waals surface area contributed by atoms with Crippen molar-refractivity contribution < 1.29 is 4.79 Å². The molecule has 0 aliphatic carbocycles. The summed E-state index contributed by atoms with van der Waals surface area (Å²) < 4.78 is 2.32. The number of thiophene rings is 1. The maximum atomic E-state index is 12.4. The lowest BCUT2D eigenvalue weighted by Crippen LogP contribution is -2.48. The van der Waals surface area contributed by atoms with E-state index in [1.54, 1.807) is 0 Å². The van der Waals surface area contributed by atoms with Gasteiger partial charge in [0.25, 0.3) is 5.91 Å². The van der Waals surface area contributed by atoms with Gasteiger partial charge in [-0.1, -0.05) is 12.5 Å². The van der Waals surface area contributed by atoms with E-state index in [0.29, 0.717) is 0 Å². The van der Waals surface area contributed by atoms with Crippen molar-refractivity contribution >= 4 is 17.2 Å². The molecule has 24 heavy (non-hydrogen) atoms. The van der Waals surface area contributed by atoms with Crippen molar-refractivity contribution in [2.45, 2.75) is 38.8 Å². The van der Waals surface area contributed by atoms with Gasteiger partial charge in [0, 0.05) is 39.1 Å². The SMILES string of the molecule is O=C(c1cccs1)N1CCN(Cc2nnc3n2CCCCC3)CC1. The second kappa shape index (κ2) is 7.03. The standard InChI is InChI=1S/C17H23N5OS/c23-17(14-5-4-12-24-14)21-10-8-20(9-11-21)13-16-19-18-15-6-2-1-3-7-22(15)16/h4-5,12H,1-3,6-11,13H2. The molecule has 0 N–H and O–H groups in total. The summed E-state index contributed by atoms with van der Waals surface area (Å²) in [6.07, 6.45) is 4.78. The first-order valence-corrected chi connectivity index (χ1v) is 9.65. The molecule has 2 aliphatic heterocycles. The number of hydrogen-bond donors (Lipinski definition) is 0. The molecule has 128 valence electrons. The fourth-order valence-electron chi connectivity index (χ4n) is 3.53. The third kappa shape index (κ3) is 3.23. The highest BCUT2D eigenvalue weighted by atomic mass is 32.1. The van der Waals surface area contributed by atoms with Gasteiger partial charge in [0.1, 0.15) is 11.6 Å². The molecule has 0 bridgehead atoms. The van der Waals surface area contributed by atoms with Crippen LogP contribution in [0.5, 0.6) is 0 Å². The second-order valence-corrected chi connectivity index (χ2v) is 7.49. The zero-order chi connectivity index (χ0) is 16.4. The molecule has 0 radical (unpaired) electrons. The van der Waals surface area contributed by atoms with E-state index in [9.17, 15) is 4.79 Å². The van der Waals surface area contributed by atoms with Crippen molar-refractivity contribution in [1.82, 2.24) is 24.6 Å². The number of rotatable bonds is 3. The van der Waals surface area contributed by atoms with E-state index in [0.717, 1.165) is 62.2 Å². The summed E-state index contributed by atoms with van der Waals surface area (Å²) >= 11 is 1.52. The van der Waals surface area contributed by atoms with Gasteiger partial charge in [0.2, 0.25) is 0 Å². The molecule has 2 aliphatic rings. The van der Waals surface area contributed by atoms with E-state index in [4.69, 9.17) is 0 Å². The fourth-order valence-corrected chi connectivity index (χ4v) is 4.22. The molecular formula is C17H23N5OS. The molecule has 7 heteroatoms. The Balaban J connectivity index is 1.35. The Kier molecular flexibility index (Phi) is 4.62. The van der Waals surface area contributed by atoms with Crippen LogP contribution in [0, 0.1) is 0 Å². The quantitative estimate of drug-likeness (QED) is 0.854. The number of amides is 1. The average Bonchev–Trinajstić information content (AvgIpc) is 3.21. The maximum Gasteiger partial charge on any atom is 0.264 e. The first-order chi connectivity index (χ1) is 11.8. The lowest BCUT2D eigenvalue weighted by Gasteiger charge is -2.34. The lowest BCUT2D eigenvalue weighted by atomic mass is 10.2. The predicted octanol–water partition coefficient (Wildman–Crippen LogP) is 2.02. The monoisotopic (exact) mass is 345 g/mol. The van der Waals surface area contributed by atoms with E-state index < -0.39 is 0 Å². The predicted molar refractivity (Wildman–Crippen MR) is 93.1 cm³/mol. The lowest BCUT2D eigenvalue weighted by molar-refractivity contribution is 0.0628. The number of hydrogen-bond acceptors (Lipinski definition) is 5. The van der Waals surface area contributed by atoms with Crippen LogP contribution >= 0.6 is 11.3 Å². The number of aromatic nitrogens is 3. The average molecular weight is 345 g/mol. The fraction of sp³-hybridized carbons (Fsp3) is 0.588. The first kappa shape index (κ1) is 15.8. The van der Waals surface area contributed by atoms with E-state index >= 15 is 0 Å². The van der Waals surface area contributed by atoms with Crippen LogP contribution in [0.2, 0.25) is 0 Å². The summed E-state index contributed by atoms with van der Waals surface area (Å²) in [6.45, 7) is 5.27. The largest absolute Gasteiger partial charge is 0.335 e. The topological polar surface area (TPSA) is 54.3 Å². The minimum Gasteiger partial charge on any atom is -0.335 e. The summed E-state index contributed by atoms with van der Waals surface area (Å²) in [7, 11) is 0. The Morgan fingerprint density at radius 1 is 1.08 bits per heavy atom. The van der Waals surface area contributed by atoms with Crippen LogP contribution in [0.15, 0.2) is 17.5 Å². The van der Waals surface area contributed by atoms with E-state index in [2.05, 4.69) is 19.7 Å². The third-order valence-electron chi connectivity index (χ3n) is 4.94. The zero-order valence-corrected chi connectivity index (χ0v) is 14.7. The van der Waals surface area contributed by atoms with Crippen molar-refractivity contribution in [3.63, 3.8) is 0 Å². The Hall–Kier alpha value is -1.73. The molecule has 0 atom stereocenters. The van der Waals surface area contributed by atoms with Crippen LogP contribution in [0.1, 0.15) is 40.6 Å². The Morgan fingerprint density at radius 2 is 1.96 bits per heavy atom. The van der Waals surface area contributed by atoms with Gasteiger partial charge in [-0.15, -0.1) is 21.5 Å². The molecule has 0 spiro atoms. The molecule has 0 aromatic carbocycles. The zero-order valence-electron chi connectivity index (χ0n) is 13.9. The summed E-state index contributed by atoms with van der Waals surface area (Å²) in [5.74, 6) is 2.40. The summed E-state index contributed by atoms with van der Waals surface area (Å²) in [5.41, 5.74) is 0. The van der Waals surface area contributed by atoms with Crippen LogP contribution in [0.25, 0.3) is 0 Å². The van der Waals surface area contributed by atoms with Crippen LogP contribution in [-0.4, -0.2) is 56.7 Å². The highest BCUT2D eigenvalue weighted by molar-refractivity contribution is 7.12. The van der Waals surface area contributed by atoms with Crippen LogP contribution in [-0.2, 0) is 19.5 Å². The number of carbonyl (C=O) groups is 1. The Bertz CT molecular complexity index is 688. The molecule has 6 nitrogen and oxygen atoms in total. The van der Waals surface area contributed by atoms with Crippen molar-refractivity contribution in [3.05, 3.63) is 34.0 Å². The summed E-state index contributed by atoms with van der Waals surface area (Å²) in [6, 6.07) is 3.84.